The maximum absolute atomic E-state index is 11.9. The zero-order chi connectivity index (χ0) is 13.0. The van der Waals surface area contributed by atoms with Crippen LogP contribution in [0.25, 0.3) is 0 Å². The lowest BCUT2D eigenvalue weighted by atomic mass is 10.2. The largest absolute Gasteiger partial charge is 0.325 e. The average Bonchev–Trinajstić information content (AvgIpc) is 2.31. The molecule has 0 fully saturated rings. The van der Waals surface area contributed by atoms with Crippen LogP contribution >= 0.6 is 11.6 Å². The lowest BCUT2D eigenvalue weighted by Gasteiger charge is -2.24. The zero-order valence-electron chi connectivity index (χ0n) is 10.7. The summed E-state index contributed by atoms with van der Waals surface area (Å²) in [5.41, 5.74) is 1.72. The minimum atomic E-state index is -0.112. The molecule has 3 nitrogen and oxygen atoms in total. The number of hydrogen-bond acceptors (Lipinski definition) is 1. The van der Waals surface area contributed by atoms with Crippen LogP contribution in [0.1, 0.15) is 25.8 Å². The topological polar surface area (TPSA) is 32.3 Å². The number of nitrogens with one attached hydrogen (secondary N) is 1. The van der Waals surface area contributed by atoms with Gasteiger partial charge in [0.2, 0.25) is 0 Å². The Bertz CT molecular complexity index is 406. The molecule has 0 heterocycles. The molecule has 1 aromatic carbocycles. The summed E-state index contributed by atoms with van der Waals surface area (Å²) in [5.74, 6) is 0. The van der Waals surface area contributed by atoms with Crippen LogP contribution in [0.15, 0.2) is 18.2 Å². The highest BCUT2D eigenvalue weighted by atomic mass is 35.5. The highest BCUT2D eigenvalue weighted by Gasteiger charge is 2.14. The summed E-state index contributed by atoms with van der Waals surface area (Å²) in [5, 5.41) is 3.49. The van der Waals surface area contributed by atoms with Gasteiger partial charge >= 0.3 is 6.03 Å². The van der Waals surface area contributed by atoms with E-state index in [1.807, 2.05) is 26.0 Å². The molecule has 1 rings (SSSR count). The van der Waals surface area contributed by atoms with Crippen LogP contribution in [0.3, 0.4) is 0 Å². The highest BCUT2D eigenvalue weighted by molar-refractivity contribution is 6.31. The molecule has 4 heteroatoms. The van der Waals surface area contributed by atoms with Gasteiger partial charge in [-0.05, 0) is 38.0 Å². The number of carbonyl (C=O) groups excluding carboxylic acids is 1. The van der Waals surface area contributed by atoms with Crippen molar-refractivity contribution in [3.63, 3.8) is 0 Å². The van der Waals surface area contributed by atoms with E-state index in [1.54, 1.807) is 18.0 Å². The van der Waals surface area contributed by atoms with E-state index >= 15 is 0 Å². The van der Waals surface area contributed by atoms with Crippen molar-refractivity contribution >= 4 is 23.3 Å². The summed E-state index contributed by atoms with van der Waals surface area (Å²) in [4.78, 5) is 13.6. The van der Waals surface area contributed by atoms with Gasteiger partial charge < -0.3 is 10.2 Å². The van der Waals surface area contributed by atoms with Crippen LogP contribution in [-0.4, -0.2) is 24.0 Å². The van der Waals surface area contributed by atoms with E-state index in [9.17, 15) is 4.79 Å². The second-order valence-electron chi connectivity index (χ2n) is 4.26. The van der Waals surface area contributed by atoms with Crippen molar-refractivity contribution in [1.82, 2.24) is 4.90 Å². The maximum Gasteiger partial charge on any atom is 0.321 e. The Hall–Kier alpha value is -1.22. The number of amides is 2. The number of nitrogens with zero attached hydrogens (tertiary/aromatic N) is 1. The molecule has 0 bridgehead atoms. The lowest BCUT2D eigenvalue weighted by Crippen LogP contribution is -2.37. The molecular formula is C13H19ClN2O. The van der Waals surface area contributed by atoms with Crippen molar-refractivity contribution < 1.29 is 4.79 Å². The predicted octanol–water partition coefficient (Wildman–Crippen LogP) is 3.91. The molecule has 0 aliphatic rings. The van der Waals surface area contributed by atoms with Gasteiger partial charge in [0, 0.05) is 23.8 Å². The van der Waals surface area contributed by atoms with Crippen molar-refractivity contribution in [2.45, 2.75) is 33.2 Å². The van der Waals surface area contributed by atoms with Crippen molar-refractivity contribution in [2.24, 2.45) is 0 Å². The van der Waals surface area contributed by atoms with Crippen molar-refractivity contribution in [2.75, 3.05) is 12.4 Å². The number of aryl methyl sites for hydroxylation is 1. The Labute approximate surface area is 108 Å². The van der Waals surface area contributed by atoms with Crippen molar-refractivity contribution in [1.29, 1.82) is 0 Å². The number of urea groups is 1. The first kappa shape index (κ1) is 13.8. The Morgan fingerprint density at radius 1 is 1.53 bits per heavy atom. The number of carbonyl (C=O) groups is 1. The van der Waals surface area contributed by atoms with Crippen LogP contribution < -0.4 is 5.32 Å². The smallest absolute Gasteiger partial charge is 0.321 e. The Morgan fingerprint density at radius 3 is 2.71 bits per heavy atom. The third-order valence-electron chi connectivity index (χ3n) is 3.00. The summed E-state index contributed by atoms with van der Waals surface area (Å²) in [6.45, 7) is 6.00. The van der Waals surface area contributed by atoms with Crippen LogP contribution in [0.4, 0.5) is 10.5 Å². The molecule has 1 unspecified atom stereocenters. The van der Waals surface area contributed by atoms with E-state index in [-0.39, 0.29) is 12.1 Å². The second kappa shape index (κ2) is 5.92. The van der Waals surface area contributed by atoms with Crippen LogP contribution in [0.5, 0.6) is 0 Å². The van der Waals surface area contributed by atoms with Gasteiger partial charge in [0.15, 0.2) is 0 Å². The van der Waals surface area contributed by atoms with E-state index < -0.39 is 0 Å². The first-order valence-corrected chi connectivity index (χ1v) is 6.13. The summed E-state index contributed by atoms with van der Waals surface area (Å²) in [7, 11) is 1.79. The van der Waals surface area contributed by atoms with Crippen LogP contribution in [0, 0.1) is 6.92 Å². The molecule has 1 N–H and O–H groups in total. The van der Waals surface area contributed by atoms with E-state index in [1.165, 1.54) is 0 Å². The molecule has 0 saturated heterocycles. The normalized spacial score (nSPS) is 12.1. The van der Waals surface area contributed by atoms with Gasteiger partial charge in [0.1, 0.15) is 0 Å². The van der Waals surface area contributed by atoms with Gasteiger partial charge in [-0.3, -0.25) is 0 Å². The average molecular weight is 255 g/mol. The molecule has 0 saturated carbocycles. The highest BCUT2D eigenvalue weighted by Crippen LogP contribution is 2.20. The van der Waals surface area contributed by atoms with E-state index in [4.69, 9.17) is 11.6 Å². The van der Waals surface area contributed by atoms with Gasteiger partial charge in [-0.2, -0.15) is 0 Å². The number of hydrogen-bond donors (Lipinski definition) is 1. The first-order chi connectivity index (χ1) is 7.95. The van der Waals surface area contributed by atoms with Gasteiger partial charge in [-0.25, -0.2) is 4.79 Å². The fraction of sp³-hybridized carbons (Fsp3) is 0.462. The monoisotopic (exact) mass is 254 g/mol. The van der Waals surface area contributed by atoms with Crippen LogP contribution in [-0.2, 0) is 0 Å². The Kier molecular flexibility index (Phi) is 4.82. The molecule has 17 heavy (non-hydrogen) atoms. The van der Waals surface area contributed by atoms with Crippen molar-refractivity contribution in [3.8, 4) is 0 Å². The van der Waals surface area contributed by atoms with Gasteiger partial charge in [0.05, 0.1) is 0 Å². The molecule has 0 aliphatic carbocycles. The summed E-state index contributed by atoms with van der Waals surface area (Å²) in [6.07, 6.45) is 0.929. The molecule has 0 aromatic heterocycles. The van der Waals surface area contributed by atoms with E-state index in [2.05, 4.69) is 12.2 Å². The first-order valence-electron chi connectivity index (χ1n) is 5.75. The lowest BCUT2D eigenvalue weighted by molar-refractivity contribution is 0.206. The fourth-order valence-corrected chi connectivity index (χ4v) is 1.54. The standard InChI is InChI=1S/C13H19ClN2O/c1-5-10(3)16(4)13(17)15-11-7-6-9(2)12(14)8-11/h6-8,10H,5H2,1-4H3,(H,15,17). The van der Waals surface area contributed by atoms with Gasteiger partial charge in [-0.1, -0.05) is 24.6 Å². The van der Waals surface area contributed by atoms with Gasteiger partial charge in [-0.15, -0.1) is 0 Å². The number of rotatable bonds is 3. The molecule has 94 valence electrons. The maximum atomic E-state index is 11.9. The Morgan fingerprint density at radius 2 is 2.18 bits per heavy atom. The second-order valence-corrected chi connectivity index (χ2v) is 4.67. The number of halogens is 1. The van der Waals surface area contributed by atoms with E-state index in [0.29, 0.717) is 5.02 Å². The number of anilines is 1. The van der Waals surface area contributed by atoms with Gasteiger partial charge in [0.25, 0.3) is 0 Å². The molecule has 0 radical (unpaired) electrons. The molecule has 1 atom stereocenters. The minimum absolute atomic E-state index is 0.112. The quantitative estimate of drug-likeness (QED) is 0.872. The summed E-state index contributed by atoms with van der Waals surface area (Å²) in [6, 6.07) is 5.61. The zero-order valence-corrected chi connectivity index (χ0v) is 11.5. The fourth-order valence-electron chi connectivity index (χ4n) is 1.36. The minimum Gasteiger partial charge on any atom is -0.325 e. The molecule has 0 spiro atoms. The molecular weight excluding hydrogens is 236 g/mol. The summed E-state index contributed by atoms with van der Waals surface area (Å²) < 4.78 is 0. The molecule has 2 amide bonds. The van der Waals surface area contributed by atoms with Crippen LogP contribution in [0.2, 0.25) is 5.02 Å². The molecule has 1 aromatic rings. The predicted molar refractivity (Wildman–Crippen MR) is 72.7 cm³/mol. The number of benzene rings is 1. The Balaban J connectivity index is 2.71. The third kappa shape index (κ3) is 3.63. The van der Waals surface area contributed by atoms with E-state index in [0.717, 1.165) is 17.7 Å². The molecule has 0 aliphatic heterocycles. The summed E-state index contributed by atoms with van der Waals surface area (Å²) >= 11 is 6.00. The third-order valence-corrected chi connectivity index (χ3v) is 3.40. The SMILES string of the molecule is CCC(C)N(C)C(=O)Nc1ccc(C)c(Cl)c1. The van der Waals surface area contributed by atoms with Crippen molar-refractivity contribution in [3.05, 3.63) is 28.8 Å².